The molecule has 0 atom stereocenters. The van der Waals surface area contributed by atoms with Crippen LogP contribution in [0.1, 0.15) is 44.7 Å². The quantitative estimate of drug-likeness (QED) is 0.609. The Hall–Kier alpha value is -3.54. The fraction of sp³-hybridized carbons (Fsp3) is 0.240. The average Bonchev–Trinajstić information content (AvgIpc) is 3.60. The predicted molar refractivity (Wildman–Crippen MR) is 117 cm³/mol. The molecule has 1 heterocycles. The van der Waals surface area contributed by atoms with E-state index in [0.717, 1.165) is 24.8 Å². The zero-order chi connectivity index (χ0) is 21.8. The van der Waals surface area contributed by atoms with Crippen LogP contribution in [0.4, 0.5) is 4.39 Å². The molecule has 158 valence electrons. The van der Waals surface area contributed by atoms with Gasteiger partial charge in [-0.15, -0.1) is 0 Å². The molecule has 1 fully saturated rings. The van der Waals surface area contributed by atoms with E-state index in [1.165, 1.54) is 12.3 Å². The maximum atomic E-state index is 14.5. The second-order valence-corrected chi connectivity index (χ2v) is 7.80. The minimum Gasteiger partial charge on any atom is -0.352 e. The number of amides is 2. The molecule has 2 aromatic carbocycles. The summed E-state index contributed by atoms with van der Waals surface area (Å²) < 4.78 is 14.5. The van der Waals surface area contributed by atoms with Crippen LogP contribution in [0.5, 0.6) is 0 Å². The van der Waals surface area contributed by atoms with Gasteiger partial charge in [0.25, 0.3) is 11.8 Å². The summed E-state index contributed by atoms with van der Waals surface area (Å²) in [6, 6.07) is 16.4. The molecule has 3 aromatic rings. The monoisotopic (exact) mass is 417 g/mol. The summed E-state index contributed by atoms with van der Waals surface area (Å²) in [5.74, 6) is -0.949. The topological polar surface area (TPSA) is 71.1 Å². The highest BCUT2D eigenvalue weighted by Crippen LogP contribution is 2.26. The van der Waals surface area contributed by atoms with Crippen molar-refractivity contribution in [1.82, 2.24) is 15.6 Å². The third-order valence-electron chi connectivity index (χ3n) is 5.36. The van der Waals surface area contributed by atoms with Crippen molar-refractivity contribution < 1.29 is 14.0 Å². The lowest BCUT2D eigenvalue weighted by Crippen LogP contribution is -2.26. The van der Waals surface area contributed by atoms with E-state index in [-0.39, 0.29) is 23.4 Å². The molecule has 1 aromatic heterocycles. The number of nitrogens with zero attached hydrogens (tertiary/aromatic N) is 1. The van der Waals surface area contributed by atoms with E-state index in [1.807, 2.05) is 30.3 Å². The van der Waals surface area contributed by atoms with Gasteiger partial charge in [0.2, 0.25) is 0 Å². The molecule has 1 aliphatic carbocycles. The summed E-state index contributed by atoms with van der Waals surface area (Å²) in [5.41, 5.74) is 3.32. The molecule has 0 bridgehead atoms. The number of nitrogens with one attached hydrogen (secondary N) is 2. The van der Waals surface area contributed by atoms with Crippen molar-refractivity contribution in [2.75, 3.05) is 6.54 Å². The van der Waals surface area contributed by atoms with Gasteiger partial charge in [0.05, 0.1) is 11.3 Å². The molecule has 0 saturated heterocycles. The van der Waals surface area contributed by atoms with Gasteiger partial charge in [-0.2, -0.15) is 0 Å². The molecule has 1 saturated carbocycles. The Balaban J connectivity index is 1.45. The number of rotatable bonds is 7. The number of hydrogen-bond acceptors (Lipinski definition) is 3. The number of halogens is 1. The van der Waals surface area contributed by atoms with E-state index in [9.17, 15) is 14.0 Å². The van der Waals surface area contributed by atoms with Crippen molar-refractivity contribution in [3.05, 3.63) is 88.9 Å². The van der Waals surface area contributed by atoms with E-state index in [4.69, 9.17) is 0 Å². The molecule has 0 unspecified atom stereocenters. The number of benzene rings is 2. The first-order valence-corrected chi connectivity index (χ1v) is 10.4. The molecule has 0 radical (unpaired) electrons. The fourth-order valence-corrected chi connectivity index (χ4v) is 3.33. The lowest BCUT2D eigenvalue weighted by Gasteiger charge is -2.11. The zero-order valence-corrected chi connectivity index (χ0v) is 17.3. The molecule has 1 aliphatic rings. The summed E-state index contributed by atoms with van der Waals surface area (Å²) in [5, 5.41) is 5.76. The Morgan fingerprint density at radius 2 is 1.81 bits per heavy atom. The molecular weight excluding hydrogens is 393 g/mol. The number of carbonyl (C=O) groups excluding carboxylic acids is 2. The van der Waals surface area contributed by atoms with Gasteiger partial charge in [0.1, 0.15) is 5.82 Å². The van der Waals surface area contributed by atoms with Crippen LogP contribution in [-0.2, 0) is 6.42 Å². The normalized spacial score (nSPS) is 13.0. The largest absolute Gasteiger partial charge is 0.352 e. The van der Waals surface area contributed by atoms with Crippen LogP contribution in [0.3, 0.4) is 0 Å². The number of carbonyl (C=O) groups is 2. The smallest absolute Gasteiger partial charge is 0.252 e. The summed E-state index contributed by atoms with van der Waals surface area (Å²) in [6.45, 7) is 2.17. The predicted octanol–water partition coefficient (Wildman–Crippen LogP) is 4.06. The van der Waals surface area contributed by atoms with Gasteiger partial charge in [-0.1, -0.05) is 30.3 Å². The van der Waals surface area contributed by atoms with Gasteiger partial charge in [-0.05, 0) is 61.6 Å². The fourth-order valence-electron chi connectivity index (χ4n) is 3.33. The van der Waals surface area contributed by atoms with Gasteiger partial charge in [0.15, 0.2) is 0 Å². The van der Waals surface area contributed by atoms with Crippen LogP contribution in [0.25, 0.3) is 11.3 Å². The maximum absolute atomic E-state index is 14.5. The number of aromatic nitrogens is 1. The third-order valence-corrected chi connectivity index (χ3v) is 5.36. The zero-order valence-electron chi connectivity index (χ0n) is 17.3. The van der Waals surface area contributed by atoms with Crippen LogP contribution < -0.4 is 10.6 Å². The first-order chi connectivity index (χ1) is 15.0. The van der Waals surface area contributed by atoms with Gasteiger partial charge >= 0.3 is 0 Å². The van der Waals surface area contributed by atoms with Gasteiger partial charge in [-0.3, -0.25) is 14.6 Å². The second kappa shape index (κ2) is 9.08. The van der Waals surface area contributed by atoms with Crippen molar-refractivity contribution in [2.24, 2.45) is 0 Å². The number of pyridine rings is 1. The minimum absolute atomic E-state index is 0.193. The Morgan fingerprint density at radius 1 is 1.03 bits per heavy atom. The van der Waals surface area contributed by atoms with Gasteiger partial charge < -0.3 is 10.6 Å². The van der Waals surface area contributed by atoms with Gasteiger partial charge in [-0.25, -0.2) is 4.39 Å². The van der Waals surface area contributed by atoms with Crippen LogP contribution in [0.15, 0.2) is 60.8 Å². The van der Waals surface area contributed by atoms with Crippen molar-refractivity contribution in [3.8, 4) is 11.3 Å². The summed E-state index contributed by atoms with van der Waals surface area (Å²) in [7, 11) is 0. The molecule has 0 aliphatic heterocycles. The Bertz CT molecular complexity index is 1090. The molecular formula is C25H24FN3O2. The summed E-state index contributed by atoms with van der Waals surface area (Å²) in [4.78, 5) is 29.1. The van der Waals surface area contributed by atoms with Crippen molar-refractivity contribution >= 4 is 11.8 Å². The SMILES string of the molecule is Cc1c(F)cc(C(=O)NC2CC2)cc1-c1ccc(C(=O)NCCc2ccccc2)cn1. The second-order valence-electron chi connectivity index (χ2n) is 7.80. The van der Waals surface area contributed by atoms with E-state index in [1.54, 1.807) is 25.1 Å². The van der Waals surface area contributed by atoms with Crippen LogP contribution in [0, 0.1) is 12.7 Å². The molecule has 5 nitrogen and oxygen atoms in total. The molecule has 2 N–H and O–H groups in total. The van der Waals surface area contributed by atoms with E-state index >= 15 is 0 Å². The van der Waals surface area contributed by atoms with Crippen molar-refractivity contribution in [2.45, 2.75) is 32.2 Å². The van der Waals surface area contributed by atoms with Gasteiger partial charge in [0, 0.05) is 29.9 Å². The molecule has 0 spiro atoms. The van der Waals surface area contributed by atoms with Crippen molar-refractivity contribution in [1.29, 1.82) is 0 Å². The molecule has 2 amide bonds. The first-order valence-electron chi connectivity index (χ1n) is 10.4. The lowest BCUT2D eigenvalue weighted by molar-refractivity contribution is 0.0944. The Kier molecular flexibility index (Phi) is 6.07. The Labute approximate surface area is 180 Å². The first kappa shape index (κ1) is 20.7. The average molecular weight is 417 g/mol. The molecule has 31 heavy (non-hydrogen) atoms. The standard InChI is InChI=1S/C25H24FN3O2/c1-16-21(13-19(14-22(16)26)25(31)29-20-8-9-20)23-10-7-18(15-28-23)24(30)27-12-11-17-5-3-2-4-6-17/h2-7,10,13-15,20H,8-9,11-12H2,1H3,(H,27,30)(H,29,31). The van der Waals surface area contributed by atoms with Crippen LogP contribution >= 0.6 is 0 Å². The highest BCUT2D eigenvalue weighted by Gasteiger charge is 2.24. The third kappa shape index (κ3) is 5.15. The molecule has 6 heteroatoms. The highest BCUT2D eigenvalue weighted by molar-refractivity contribution is 5.96. The van der Waals surface area contributed by atoms with Crippen molar-refractivity contribution in [3.63, 3.8) is 0 Å². The Morgan fingerprint density at radius 3 is 2.48 bits per heavy atom. The summed E-state index contributed by atoms with van der Waals surface area (Å²) in [6.07, 6.45) is 4.14. The van der Waals surface area contributed by atoms with Crippen LogP contribution in [0.2, 0.25) is 0 Å². The minimum atomic E-state index is -0.456. The highest BCUT2D eigenvalue weighted by atomic mass is 19.1. The maximum Gasteiger partial charge on any atom is 0.252 e. The van der Waals surface area contributed by atoms with E-state index < -0.39 is 5.82 Å². The number of hydrogen-bond donors (Lipinski definition) is 2. The summed E-state index contributed by atoms with van der Waals surface area (Å²) >= 11 is 0. The van der Waals surface area contributed by atoms with E-state index in [2.05, 4.69) is 15.6 Å². The van der Waals surface area contributed by atoms with Crippen LogP contribution in [-0.4, -0.2) is 29.4 Å². The molecule has 4 rings (SSSR count). The van der Waals surface area contributed by atoms with E-state index in [0.29, 0.717) is 28.9 Å². The lowest BCUT2D eigenvalue weighted by atomic mass is 10.00.